The van der Waals surface area contributed by atoms with Crippen molar-refractivity contribution in [3.8, 4) is 0 Å². The molecule has 0 amide bonds. The average Bonchev–Trinajstić information content (AvgIpc) is 2.70. The molecule has 1 aliphatic rings. The van der Waals surface area contributed by atoms with Crippen molar-refractivity contribution in [1.82, 2.24) is 0 Å². The van der Waals surface area contributed by atoms with Crippen LogP contribution in [0.3, 0.4) is 0 Å². The molecule has 2 atom stereocenters. The lowest BCUT2D eigenvalue weighted by molar-refractivity contribution is 0.0426. The topological polar surface area (TPSA) is 9.23 Å². The fourth-order valence-corrected chi connectivity index (χ4v) is 2.06. The number of aryl methyl sites for hydroxylation is 1. The summed E-state index contributed by atoms with van der Waals surface area (Å²) in [5.41, 5.74) is 1.68. The van der Waals surface area contributed by atoms with Crippen molar-refractivity contribution >= 4 is 0 Å². The van der Waals surface area contributed by atoms with Gasteiger partial charge in [0.05, 0.1) is 12.2 Å². The molecule has 0 aromatic heterocycles. The molecule has 15 heavy (non-hydrogen) atoms. The first kappa shape index (κ1) is 10.6. The first-order valence-corrected chi connectivity index (χ1v) is 5.62. The van der Waals surface area contributed by atoms with Gasteiger partial charge in [-0.1, -0.05) is 19.1 Å². The molecule has 82 valence electrons. The number of rotatable bonds is 2. The molecule has 1 aliphatic heterocycles. The van der Waals surface area contributed by atoms with Gasteiger partial charge in [0.2, 0.25) is 0 Å². The van der Waals surface area contributed by atoms with Gasteiger partial charge in [-0.25, -0.2) is 4.39 Å². The van der Waals surface area contributed by atoms with Crippen molar-refractivity contribution in [2.24, 2.45) is 0 Å². The third-order valence-electron chi connectivity index (χ3n) is 3.13. The molecule has 1 nitrogen and oxygen atoms in total. The quantitative estimate of drug-likeness (QED) is 0.719. The Balaban J connectivity index is 2.13. The van der Waals surface area contributed by atoms with E-state index in [-0.39, 0.29) is 11.9 Å². The van der Waals surface area contributed by atoms with Crippen molar-refractivity contribution in [2.75, 3.05) is 0 Å². The van der Waals surface area contributed by atoms with Crippen molar-refractivity contribution < 1.29 is 9.13 Å². The van der Waals surface area contributed by atoms with E-state index in [9.17, 15) is 4.39 Å². The summed E-state index contributed by atoms with van der Waals surface area (Å²) in [5.74, 6) is -0.129. The van der Waals surface area contributed by atoms with Crippen LogP contribution in [0.5, 0.6) is 0 Å². The van der Waals surface area contributed by atoms with Gasteiger partial charge in [-0.05, 0) is 43.4 Å². The zero-order chi connectivity index (χ0) is 10.8. The molecule has 2 heteroatoms. The first-order valence-electron chi connectivity index (χ1n) is 5.62. The van der Waals surface area contributed by atoms with E-state index in [2.05, 4.69) is 6.92 Å². The zero-order valence-electron chi connectivity index (χ0n) is 9.29. The summed E-state index contributed by atoms with van der Waals surface area (Å²) in [6.45, 7) is 3.91. The van der Waals surface area contributed by atoms with E-state index in [4.69, 9.17) is 4.74 Å². The summed E-state index contributed by atoms with van der Waals surface area (Å²) < 4.78 is 19.2. The molecule has 0 bridgehead atoms. The normalized spacial score (nSPS) is 25.8. The van der Waals surface area contributed by atoms with E-state index < -0.39 is 0 Å². The Morgan fingerprint density at radius 1 is 1.40 bits per heavy atom. The largest absolute Gasteiger partial charge is 0.370 e. The molecule has 1 fully saturated rings. The smallest absolute Gasteiger partial charge is 0.126 e. The van der Waals surface area contributed by atoms with Crippen LogP contribution in [0.1, 0.15) is 43.4 Å². The maximum atomic E-state index is 13.4. The number of hydrogen-bond acceptors (Lipinski definition) is 1. The summed E-state index contributed by atoms with van der Waals surface area (Å²) >= 11 is 0. The molecule has 1 aromatic rings. The summed E-state index contributed by atoms with van der Waals surface area (Å²) in [6.07, 6.45) is 3.62. The maximum absolute atomic E-state index is 13.4. The van der Waals surface area contributed by atoms with Crippen LogP contribution < -0.4 is 0 Å². The maximum Gasteiger partial charge on any atom is 0.126 e. The van der Waals surface area contributed by atoms with Crippen LogP contribution in [0.4, 0.5) is 4.39 Å². The van der Waals surface area contributed by atoms with Crippen LogP contribution in [-0.4, -0.2) is 6.10 Å². The van der Waals surface area contributed by atoms with E-state index in [0.29, 0.717) is 11.7 Å². The number of hydrogen-bond donors (Lipinski definition) is 0. The summed E-state index contributed by atoms with van der Waals surface area (Å²) in [7, 11) is 0. The minimum atomic E-state index is -0.129. The molecule has 1 saturated heterocycles. The summed E-state index contributed by atoms with van der Waals surface area (Å²) in [4.78, 5) is 0. The van der Waals surface area contributed by atoms with E-state index >= 15 is 0 Å². The van der Waals surface area contributed by atoms with Crippen molar-refractivity contribution in [1.29, 1.82) is 0 Å². The third kappa shape index (κ3) is 2.20. The highest BCUT2D eigenvalue weighted by molar-refractivity contribution is 5.25. The van der Waals surface area contributed by atoms with Crippen LogP contribution in [0.15, 0.2) is 18.2 Å². The minimum absolute atomic E-state index is 0.102. The second-order valence-electron chi connectivity index (χ2n) is 4.24. The van der Waals surface area contributed by atoms with Gasteiger partial charge in [0.15, 0.2) is 0 Å². The number of ether oxygens (including phenoxy) is 1. The second-order valence-corrected chi connectivity index (χ2v) is 4.24. The van der Waals surface area contributed by atoms with Crippen molar-refractivity contribution in [3.63, 3.8) is 0 Å². The zero-order valence-corrected chi connectivity index (χ0v) is 9.29. The fraction of sp³-hybridized carbons (Fsp3) is 0.538. The Hall–Kier alpha value is -0.890. The molecule has 1 aromatic carbocycles. The van der Waals surface area contributed by atoms with E-state index in [1.807, 2.05) is 12.1 Å². The molecule has 2 unspecified atom stereocenters. The highest BCUT2D eigenvalue weighted by atomic mass is 19.1. The lowest BCUT2D eigenvalue weighted by Crippen LogP contribution is -2.04. The van der Waals surface area contributed by atoms with Gasteiger partial charge >= 0.3 is 0 Å². The molecular formula is C13H17FO. The van der Waals surface area contributed by atoms with Gasteiger partial charge in [-0.2, -0.15) is 0 Å². The van der Waals surface area contributed by atoms with E-state index in [0.717, 1.165) is 24.8 Å². The standard InChI is InChI=1S/C13H17FO/c1-3-11-6-7-13(15-11)10-5-4-9(2)12(14)8-10/h4-5,8,11,13H,3,6-7H2,1-2H3. The van der Waals surface area contributed by atoms with Gasteiger partial charge < -0.3 is 4.74 Å². The second kappa shape index (κ2) is 4.31. The van der Waals surface area contributed by atoms with Gasteiger partial charge in [0, 0.05) is 0 Å². The Morgan fingerprint density at radius 2 is 2.20 bits per heavy atom. The van der Waals surface area contributed by atoms with Crippen LogP contribution in [-0.2, 0) is 4.74 Å². The molecule has 0 aliphatic carbocycles. The lowest BCUT2D eigenvalue weighted by Gasteiger charge is -2.13. The predicted octanol–water partition coefficient (Wildman–Crippen LogP) is 3.76. The number of benzene rings is 1. The average molecular weight is 208 g/mol. The molecule has 1 heterocycles. The Bertz CT molecular complexity index is 348. The van der Waals surface area contributed by atoms with Gasteiger partial charge in [0.1, 0.15) is 5.82 Å². The highest BCUT2D eigenvalue weighted by Gasteiger charge is 2.25. The number of halogens is 1. The van der Waals surface area contributed by atoms with Crippen LogP contribution in [0.2, 0.25) is 0 Å². The molecular weight excluding hydrogens is 191 g/mol. The van der Waals surface area contributed by atoms with Gasteiger partial charge in [-0.15, -0.1) is 0 Å². The first-order chi connectivity index (χ1) is 7.20. The SMILES string of the molecule is CCC1CCC(c2ccc(C)c(F)c2)O1. The Kier molecular flexibility index (Phi) is 3.06. The molecule has 2 rings (SSSR count). The van der Waals surface area contributed by atoms with Gasteiger partial charge in [0.25, 0.3) is 0 Å². The van der Waals surface area contributed by atoms with Crippen molar-refractivity contribution in [3.05, 3.63) is 35.1 Å². The fourth-order valence-electron chi connectivity index (χ4n) is 2.06. The van der Waals surface area contributed by atoms with E-state index in [1.54, 1.807) is 13.0 Å². The lowest BCUT2D eigenvalue weighted by atomic mass is 10.0. The Morgan fingerprint density at radius 3 is 2.80 bits per heavy atom. The third-order valence-corrected chi connectivity index (χ3v) is 3.13. The van der Waals surface area contributed by atoms with Crippen LogP contribution in [0.25, 0.3) is 0 Å². The summed E-state index contributed by atoms with van der Waals surface area (Å²) in [5, 5.41) is 0. The Labute approximate surface area is 90.3 Å². The predicted molar refractivity (Wildman–Crippen MR) is 58.3 cm³/mol. The molecule has 0 saturated carbocycles. The summed E-state index contributed by atoms with van der Waals surface area (Å²) in [6, 6.07) is 5.41. The minimum Gasteiger partial charge on any atom is -0.370 e. The van der Waals surface area contributed by atoms with Gasteiger partial charge in [-0.3, -0.25) is 0 Å². The monoisotopic (exact) mass is 208 g/mol. The van der Waals surface area contributed by atoms with E-state index in [1.165, 1.54) is 0 Å². The van der Waals surface area contributed by atoms with Crippen molar-refractivity contribution in [2.45, 2.75) is 45.3 Å². The van der Waals surface area contributed by atoms with Crippen LogP contribution >= 0.6 is 0 Å². The van der Waals surface area contributed by atoms with Crippen LogP contribution in [0, 0.1) is 12.7 Å². The highest BCUT2D eigenvalue weighted by Crippen LogP contribution is 2.34. The molecule has 0 spiro atoms. The molecule has 0 N–H and O–H groups in total. The molecule has 0 radical (unpaired) electrons.